The number of amides is 1. The van der Waals surface area contributed by atoms with Crippen LogP contribution in [0.5, 0.6) is 11.5 Å². The summed E-state index contributed by atoms with van der Waals surface area (Å²) in [5.74, 6) is 1.97. The van der Waals surface area contributed by atoms with E-state index in [2.05, 4.69) is 9.88 Å². The number of nitrogens with zero attached hydrogens (tertiary/aromatic N) is 3. The number of anilines is 1. The summed E-state index contributed by atoms with van der Waals surface area (Å²) in [4.78, 5) is 33.2. The normalized spacial score (nSPS) is 15.9. The summed E-state index contributed by atoms with van der Waals surface area (Å²) in [7, 11) is 0. The molecular weight excluding hydrogens is 398 g/mol. The predicted molar refractivity (Wildman–Crippen MR) is 115 cm³/mol. The maximum Gasteiger partial charge on any atom is 0.339 e. The van der Waals surface area contributed by atoms with Gasteiger partial charge >= 0.3 is 5.97 Å². The van der Waals surface area contributed by atoms with Crippen molar-refractivity contribution < 1.29 is 23.8 Å². The lowest BCUT2D eigenvalue weighted by Gasteiger charge is -2.23. The Morgan fingerprint density at radius 1 is 1.03 bits per heavy atom. The third kappa shape index (κ3) is 5.07. The van der Waals surface area contributed by atoms with Crippen molar-refractivity contribution in [2.24, 2.45) is 0 Å². The fraction of sp³-hybridized carbons (Fsp3) is 0.435. The molecule has 2 aromatic rings. The fourth-order valence-corrected chi connectivity index (χ4v) is 3.79. The first-order valence-electron chi connectivity index (χ1n) is 10.7. The number of carbonyl (C=O) groups excluding carboxylic acids is 2. The van der Waals surface area contributed by atoms with Gasteiger partial charge in [0.05, 0.1) is 18.6 Å². The topological polar surface area (TPSA) is 81.2 Å². The van der Waals surface area contributed by atoms with E-state index in [1.54, 1.807) is 19.2 Å². The highest BCUT2D eigenvalue weighted by Crippen LogP contribution is 2.31. The Hall–Kier alpha value is -3.29. The molecule has 1 saturated heterocycles. The summed E-state index contributed by atoms with van der Waals surface area (Å²) in [6, 6.07) is 9.25. The Kier molecular flexibility index (Phi) is 6.54. The van der Waals surface area contributed by atoms with Gasteiger partial charge in [0.2, 0.25) is 5.91 Å². The monoisotopic (exact) mass is 425 g/mol. The van der Waals surface area contributed by atoms with E-state index in [4.69, 9.17) is 14.2 Å². The lowest BCUT2D eigenvalue weighted by Crippen LogP contribution is -2.36. The summed E-state index contributed by atoms with van der Waals surface area (Å²) in [6.45, 7) is 6.03. The molecule has 1 amide bonds. The Bertz CT molecular complexity index is 931. The van der Waals surface area contributed by atoms with Crippen molar-refractivity contribution in [3.8, 4) is 11.5 Å². The largest absolute Gasteiger partial charge is 0.486 e. The van der Waals surface area contributed by atoms with Gasteiger partial charge in [-0.1, -0.05) is 6.07 Å². The lowest BCUT2D eigenvalue weighted by atomic mass is 10.1. The van der Waals surface area contributed by atoms with E-state index in [9.17, 15) is 9.59 Å². The number of pyridine rings is 1. The van der Waals surface area contributed by atoms with Gasteiger partial charge in [-0.2, -0.15) is 0 Å². The van der Waals surface area contributed by atoms with Crippen molar-refractivity contribution in [3.05, 3.63) is 47.7 Å². The minimum absolute atomic E-state index is 0.101. The van der Waals surface area contributed by atoms with Crippen molar-refractivity contribution in [3.63, 3.8) is 0 Å². The average molecular weight is 425 g/mol. The summed E-state index contributed by atoms with van der Waals surface area (Å²) < 4.78 is 16.2. The van der Waals surface area contributed by atoms with Gasteiger partial charge in [-0.3, -0.25) is 4.79 Å². The first-order chi connectivity index (χ1) is 15.1. The highest BCUT2D eigenvalue weighted by atomic mass is 16.6. The van der Waals surface area contributed by atoms with Crippen LogP contribution in [0.2, 0.25) is 0 Å². The second kappa shape index (κ2) is 9.68. The second-order valence-corrected chi connectivity index (χ2v) is 7.50. The van der Waals surface area contributed by atoms with Crippen molar-refractivity contribution in [1.82, 2.24) is 9.88 Å². The third-order valence-corrected chi connectivity index (χ3v) is 5.39. The van der Waals surface area contributed by atoms with Crippen molar-refractivity contribution in [2.45, 2.75) is 19.8 Å². The van der Waals surface area contributed by atoms with Crippen LogP contribution in [0.15, 0.2) is 36.5 Å². The van der Waals surface area contributed by atoms with Crippen LogP contribution in [0.3, 0.4) is 0 Å². The van der Waals surface area contributed by atoms with E-state index >= 15 is 0 Å². The van der Waals surface area contributed by atoms with Crippen LogP contribution in [0, 0.1) is 0 Å². The number of hydrogen-bond donors (Lipinski definition) is 0. The molecule has 0 aliphatic carbocycles. The molecule has 0 unspecified atom stereocenters. The number of carbonyl (C=O) groups is 2. The quantitative estimate of drug-likeness (QED) is 0.680. The maximum atomic E-state index is 12.9. The van der Waals surface area contributed by atoms with Crippen LogP contribution in [0.4, 0.5) is 5.82 Å². The van der Waals surface area contributed by atoms with Crippen LogP contribution < -0.4 is 14.4 Å². The van der Waals surface area contributed by atoms with Gasteiger partial charge in [-0.15, -0.1) is 0 Å². The van der Waals surface area contributed by atoms with Crippen LogP contribution >= 0.6 is 0 Å². The smallest absolute Gasteiger partial charge is 0.339 e. The molecule has 8 nitrogen and oxygen atoms in total. The minimum Gasteiger partial charge on any atom is -0.486 e. The number of ether oxygens (including phenoxy) is 3. The molecule has 3 heterocycles. The van der Waals surface area contributed by atoms with Crippen LogP contribution in [-0.4, -0.2) is 67.8 Å². The molecule has 8 heteroatoms. The van der Waals surface area contributed by atoms with E-state index in [0.717, 1.165) is 30.1 Å². The molecule has 164 valence electrons. The highest BCUT2D eigenvalue weighted by molar-refractivity contribution is 5.89. The molecule has 0 N–H and O–H groups in total. The molecule has 0 bridgehead atoms. The van der Waals surface area contributed by atoms with Gasteiger partial charge in [0.15, 0.2) is 11.5 Å². The summed E-state index contributed by atoms with van der Waals surface area (Å²) in [5, 5.41) is 0. The van der Waals surface area contributed by atoms with Gasteiger partial charge in [0.25, 0.3) is 0 Å². The Labute approximate surface area is 181 Å². The molecule has 2 aliphatic heterocycles. The van der Waals surface area contributed by atoms with Gasteiger partial charge in [-0.05, 0) is 43.2 Å². The molecule has 0 spiro atoms. The zero-order valence-corrected chi connectivity index (χ0v) is 17.7. The van der Waals surface area contributed by atoms with Crippen molar-refractivity contribution >= 4 is 17.7 Å². The molecule has 0 radical (unpaired) electrons. The van der Waals surface area contributed by atoms with Gasteiger partial charge < -0.3 is 24.0 Å². The SMILES string of the molecule is CCOC(=O)c1ccc(N2CCCN(C(=O)Cc3ccc4c(c3)OCCO4)CC2)nc1. The molecule has 1 fully saturated rings. The molecule has 1 aromatic carbocycles. The molecular formula is C23H27N3O5. The van der Waals surface area contributed by atoms with E-state index in [1.807, 2.05) is 29.2 Å². The molecule has 0 atom stereocenters. The summed E-state index contributed by atoms with van der Waals surface area (Å²) >= 11 is 0. The lowest BCUT2D eigenvalue weighted by molar-refractivity contribution is -0.130. The van der Waals surface area contributed by atoms with E-state index in [-0.39, 0.29) is 11.9 Å². The number of aromatic nitrogens is 1. The molecule has 2 aliphatic rings. The van der Waals surface area contributed by atoms with Gasteiger partial charge in [-0.25, -0.2) is 9.78 Å². The Balaban J connectivity index is 1.34. The maximum absolute atomic E-state index is 12.9. The van der Waals surface area contributed by atoms with Crippen LogP contribution in [0.25, 0.3) is 0 Å². The van der Waals surface area contributed by atoms with Gasteiger partial charge in [0.1, 0.15) is 19.0 Å². The zero-order chi connectivity index (χ0) is 21.6. The molecule has 1 aromatic heterocycles. The molecule has 4 rings (SSSR count). The van der Waals surface area contributed by atoms with E-state index < -0.39 is 0 Å². The standard InChI is InChI=1S/C23H27N3O5/c1-2-29-23(28)18-5-7-21(24-16-18)25-8-3-9-26(11-10-25)22(27)15-17-4-6-19-20(14-17)31-13-12-30-19/h4-7,14,16H,2-3,8-13,15H2,1H3. The molecule has 0 saturated carbocycles. The second-order valence-electron chi connectivity index (χ2n) is 7.50. The average Bonchev–Trinajstić information content (AvgIpc) is 3.06. The first kappa shape index (κ1) is 21.0. The number of fused-ring (bicyclic) bond motifs is 1. The number of hydrogen-bond acceptors (Lipinski definition) is 7. The predicted octanol–water partition coefficient (Wildman–Crippen LogP) is 2.31. The van der Waals surface area contributed by atoms with Crippen molar-refractivity contribution in [1.29, 1.82) is 0 Å². The van der Waals surface area contributed by atoms with Gasteiger partial charge in [0, 0.05) is 32.4 Å². The van der Waals surface area contributed by atoms with Crippen molar-refractivity contribution in [2.75, 3.05) is 50.9 Å². The third-order valence-electron chi connectivity index (χ3n) is 5.39. The zero-order valence-electron chi connectivity index (χ0n) is 17.7. The van der Waals surface area contributed by atoms with Crippen LogP contribution in [0.1, 0.15) is 29.3 Å². The first-order valence-corrected chi connectivity index (χ1v) is 10.7. The Morgan fingerprint density at radius 2 is 1.87 bits per heavy atom. The summed E-state index contributed by atoms with van der Waals surface area (Å²) in [5.41, 5.74) is 1.36. The fourth-order valence-electron chi connectivity index (χ4n) is 3.79. The highest BCUT2D eigenvalue weighted by Gasteiger charge is 2.21. The van der Waals surface area contributed by atoms with Crippen LogP contribution in [-0.2, 0) is 16.0 Å². The Morgan fingerprint density at radius 3 is 2.65 bits per heavy atom. The minimum atomic E-state index is -0.367. The number of rotatable bonds is 5. The number of esters is 1. The molecule has 31 heavy (non-hydrogen) atoms. The van der Waals surface area contributed by atoms with E-state index in [0.29, 0.717) is 57.2 Å². The number of benzene rings is 1. The van der Waals surface area contributed by atoms with E-state index in [1.165, 1.54) is 0 Å². The summed E-state index contributed by atoms with van der Waals surface area (Å²) in [6.07, 6.45) is 2.74.